The molecule has 0 radical (unpaired) electrons. The van der Waals surface area contributed by atoms with E-state index in [1.165, 1.54) is 17.5 Å². The second kappa shape index (κ2) is 4.66. The van der Waals surface area contributed by atoms with Gasteiger partial charge < -0.3 is 10.6 Å². The lowest BCUT2D eigenvalue weighted by Gasteiger charge is -2.33. The van der Waals surface area contributed by atoms with E-state index in [1.54, 1.807) is 0 Å². The Morgan fingerprint density at radius 3 is 2.94 bits per heavy atom. The fraction of sp³-hybridized carbons (Fsp3) is 0.462. The summed E-state index contributed by atoms with van der Waals surface area (Å²) in [6.07, 6.45) is 1.87. The van der Waals surface area contributed by atoms with Gasteiger partial charge in [0.25, 0.3) is 0 Å². The Balaban J connectivity index is 1.82. The van der Waals surface area contributed by atoms with Gasteiger partial charge in [-0.25, -0.2) is 0 Å². The number of fused-ring (bicyclic) bond motifs is 1. The summed E-state index contributed by atoms with van der Waals surface area (Å²) in [6, 6.07) is 8.65. The standard InChI is InChI=1S/C13H19N3/c1-16(7-6-13(14)15)9-11-8-10-4-2-3-5-12(10)11/h2-5,11H,6-9H2,1H3,(H3,14,15). The monoisotopic (exact) mass is 217 g/mol. The number of nitrogens with two attached hydrogens (primary N) is 1. The summed E-state index contributed by atoms with van der Waals surface area (Å²) in [4.78, 5) is 2.27. The summed E-state index contributed by atoms with van der Waals surface area (Å²) in [5.41, 5.74) is 8.34. The molecule has 0 saturated heterocycles. The lowest BCUT2D eigenvalue weighted by atomic mass is 9.77. The molecule has 1 atom stereocenters. The van der Waals surface area contributed by atoms with E-state index in [0.29, 0.717) is 12.3 Å². The fourth-order valence-electron chi connectivity index (χ4n) is 2.30. The molecule has 0 heterocycles. The zero-order valence-electron chi connectivity index (χ0n) is 9.74. The minimum absolute atomic E-state index is 0.279. The number of hydrogen-bond donors (Lipinski definition) is 2. The van der Waals surface area contributed by atoms with Gasteiger partial charge in [0.1, 0.15) is 0 Å². The molecule has 1 aromatic rings. The summed E-state index contributed by atoms with van der Waals surface area (Å²) in [7, 11) is 2.10. The van der Waals surface area contributed by atoms with E-state index >= 15 is 0 Å². The van der Waals surface area contributed by atoms with Gasteiger partial charge in [-0.2, -0.15) is 0 Å². The molecule has 1 unspecified atom stereocenters. The van der Waals surface area contributed by atoms with Crippen molar-refractivity contribution in [3.05, 3.63) is 35.4 Å². The molecular formula is C13H19N3. The van der Waals surface area contributed by atoms with Crippen LogP contribution in [0.3, 0.4) is 0 Å². The van der Waals surface area contributed by atoms with Crippen LogP contribution in [0.1, 0.15) is 23.5 Å². The predicted octanol–water partition coefficient (Wildman–Crippen LogP) is 1.58. The largest absolute Gasteiger partial charge is 0.388 e. The van der Waals surface area contributed by atoms with Crippen molar-refractivity contribution in [1.29, 1.82) is 5.41 Å². The third-order valence-corrected chi connectivity index (χ3v) is 3.26. The molecule has 0 aliphatic heterocycles. The SMILES string of the molecule is CN(CCC(=N)N)CC1Cc2ccccc21. The highest BCUT2D eigenvalue weighted by Gasteiger charge is 2.25. The van der Waals surface area contributed by atoms with Crippen molar-refractivity contribution in [2.24, 2.45) is 5.73 Å². The molecule has 16 heavy (non-hydrogen) atoms. The zero-order chi connectivity index (χ0) is 11.5. The highest BCUT2D eigenvalue weighted by atomic mass is 15.1. The van der Waals surface area contributed by atoms with E-state index in [4.69, 9.17) is 11.1 Å². The average molecular weight is 217 g/mol. The molecule has 1 aliphatic rings. The summed E-state index contributed by atoms with van der Waals surface area (Å²) >= 11 is 0. The van der Waals surface area contributed by atoms with E-state index in [0.717, 1.165) is 13.1 Å². The highest BCUT2D eigenvalue weighted by Crippen LogP contribution is 2.34. The number of benzene rings is 1. The molecule has 1 aromatic carbocycles. The second-order valence-corrected chi connectivity index (χ2v) is 4.64. The number of nitrogens with one attached hydrogen (secondary N) is 1. The number of amidine groups is 1. The van der Waals surface area contributed by atoms with Crippen molar-refractivity contribution in [2.75, 3.05) is 20.1 Å². The molecule has 0 spiro atoms. The van der Waals surface area contributed by atoms with Crippen molar-refractivity contribution in [3.8, 4) is 0 Å². The van der Waals surface area contributed by atoms with Crippen LogP contribution in [0, 0.1) is 5.41 Å². The first kappa shape index (κ1) is 11.1. The van der Waals surface area contributed by atoms with E-state index in [1.807, 2.05) is 0 Å². The van der Waals surface area contributed by atoms with Crippen molar-refractivity contribution >= 4 is 5.84 Å². The Bertz CT molecular complexity index is 387. The minimum atomic E-state index is 0.279. The quantitative estimate of drug-likeness (QED) is 0.581. The maximum absolute atomic E-state index is 7.20. The number of nitrogens with zero attached hydrogens (tertiary/aromatic N) is 1. The minimum Gasteiger partial charge on any atom is -0.388 e. The summed E-state index contributed by atoms with van der Waals surface area (Å²) in [5.74, 6) is 0.953. The van der Waals surface area contributed by atoms with E-state index in [-0.39, 0.29) is 5.84 Å². The molecule has 86 valence electrons. The van der Waals surface area contributed by atoms with Crippen LogP contribution in [0.15, 0.2) is 24.3 Å². The molecule has 0 saturated carbocycles. The van der Waals surface area contributed by atoms with Crippen LogP contribution in [0.4, 0.5) is 0 Å². The van der Waals surface area contributed by atoms with Gasteiger partial charge in [-0.15, -0.1) is 0 Å². The van der Waals surface area contributed by atoms with Crippen LogP contribution < -0.4 is 5.73 Å². The Hall–Kier alpha value is -1.35. The maximum Gasteiger partial charge on any atom is 0.0918 e. The lowest BCUT2D eigenvalue weighted by molar-refractivity contribution is 0.306. The normalized spacial score (nSPS) is 18.0. The first-order valence-corrected chi connectivity index (χ1v) is 5.76. The Labute approximate surface area is 96.8 Å². The average Bonchev–Trinajstić information content (AvgIpc) is 2.23. The zero-order valence-corrected chi connectivity index (χ0v) is 9.74. The molecule has 3 nitrogen and oxygen atoms in total. The smallest absolute Gasteiger partial charge is 0.0918 e. The first-order valence-electron chi connectivity index (χ1n) is 5.76. The molecule has 3 N–H and O–H groups in total. The second-order valence-electron chi connectivity index (χ2n) is 4.64. The van der Waals surface area contributed by atoms with Crippen LogP contribution in [0.25, 0.3) is 0 Å². The Kier molecular flexibility index (Phi) is 3.25. The third kappa shape index (κ3) is 2.42. The molecule has 3 heteroatoms. The van der Waals surface area contributed by atoms with Gasteiger partial charge >= 0.3 is 0 Å². The third-order valence-electron chi connectivity index (χ3n) is 3.26. The topological polar surface area (TPSA) is 53.1 Å². The van der Waals surface area contributed by atoms with E-state index in [9.17, 15) is 0 Å². The van der Waals surface area contributed by atoms with Gasteiger partial charge in [0.15, 0.2) is 0 Å². The summed E-state index contributed by atoms with van der Waals surface area (Å²) in [6.45, 7) is 1.96. The maximum atomic E-state index is 7.20. The molecule has 0 aromatic heterocycles. The molecule has 0 fully saturated rings. The van der Waals surface area contributed by atoms with Gasteiger partial charge in [-0.1, -0.05) is 24.3 Å². The van der Waals surface area contributed by atoms with Gasteiger partial charge in [0.2, 0.25) is 0 Å². The van der Waals surface area contributed by atoms with Crippen LogP contribution >= 0.6 is 0 Å². The number of hydrogen-bond acceptors (Lipinski definition) is 2. The van der Waals surface area contributed by atoms with Gasteiger partial charge in [0.05, 0.1) is 5.84 Å². The number of rotatable bonds is 5. The predicted molar refractivity (Wildman–Crippen MR) is 66.9 cm³/mol. The first-order chi connectivity index (χ1) is 7.66. The highest BCUT2D eigenvalue weighted by molar-refractivity contribution is 5.76. The molecule has 1 aliphatic carbocycles. The number of likely N-dealkylation sites (N-methyl/N-ethyl adjacent to an activating group) is 1. The van der Waals surface area contributed by atoms with Crippen LogP contribution in [0.2, 0.25) is 0 Å². The van der Waals surface area contributed by atoms with Crippen molar-refractivity contribution in [2.45, 2.75) is 18.8 Å². The van der Waals surface area contributed by atoms with Gasteiger partial charge in [-0.3, -0.25) is 5.41 Å². The molecule has 0 amide bonds. The Morgan fingerprint density at radius 1 is 1.50 bits per heavy atom. The van der Waals surface area contributed by atoms with E-state index in [2.05, 4.69) is 36.2 Å². The van der Waals surface area contributed by atoms with Crippen LogP contribution in [0.5, 0.6) is 0 Å². The van der Waals surface area contributed by atoms with Gasteiger partial charge in [-0.05, 0) is 24.6 Å². The molecule has 2 rings (SSSR count). The Morgan fingerprint density at radius 2 is 2.25 bits per heavy atom. The van der Waals surface area contributed by atoms with Crippen molar-refractivity contribution in [1.82, 2.24) is 4.90 Å². The van der Waals surface area contributed by atoms with Crippen molar-refractivity contribution in [3.63, 3.8) is 0 Å². The summed E-state index contributed by atoms with van der Waals surface area (Å²) < 4.78 is 0. The molecule has 0 bridgehead atoms. The van der Waals surface area contributed by atoms with Crippen LogP contribution in [-0.2, 0) is 6.42 Å². The van der Waals surface area contributed by atoms with Crippen LogP contribution in [-0.4, -0.2) is 30.9 Å². The van der Waals surface area contributed by atoms with E-state index < -0.39 is 0 Å². The summed E-state index contributed by atoms with van der Waals surface area (Å²) in [5, 5.41) is 7.20. The lowest BCUT2D eigenvalue weighted by Crippen LogP contribution is -2.32. The molecular weight excluding hydrogens is 198 g/mol. The van der Waals surface area contributed by atoms with Gasteiger partial charge in [0, 0.05) is 25.4 Å². The fourth-order valence-corrected chi connectivity index (χ4v) is 2.30. The van der Waals surface area contributed by atoms with Crippen molar-refractivity contribution < 1.29 is 0 Å².